The van der Waals surface area contributed by atoms with Gasteiger partial charge in [-0.25, -0.2) is 0 Å². The zero-order valence-electron chi connectivity index (χ0n) is 32.6. The number of hydrogen-bond acceptors (Lipinski definition) is 5. The summed E-state index contributed by atoms with van der Waals surface area (Å²) in [5, 5.41) is 0. The number of benzene rings is 4. The molecule has 0 fully saturated rings. The smallest absolute Gasteiger partial charge is 0.497 e. The van der Waals surface area contributed by atoms with Crippen molar-refractivity contribution in [2.75, 3.05) is 40.4 Å². The Labute approximate surface area is 356 Å². The molecule has 0 aliphatic carbocycles. The molecule has 4 aromatic carbocycles. The number of amidine groups is 1. The number of rotatable bonds is 14. The number of allylic oxidation sites excluding steroid dienone is 1. The number of methoxy groups -OCH3 is 2. The summed E-state index contributed by atoms with van der Waals surface area (Å²) in [5.41, 5.74) is 7.50. The highest BCUT2D eigenvalue weighted by molar-refractivity contribution is 14.1. The van der Waals surface area contributed by atoms with E-state index in [2.05, 4.69) is 107 Å². The molecule has 2 aliphatic heterocycles. The van der Waals surface area contributed by atoms with Crippen LogP contribution in [-0.2, 0) is 13.1 Å². The number of halogens is 4. The molecule has 12 heteroatoms. The monoisotopic (exact) mass is 979 g/mol. The van der Waals surface area contributed by atoms with Gasteiger partial charge in [0.1, 0.15) is 17.2 Å². The fourth-order valence-corrected chi connectivity index (χ4v) is 9.89. The standard InChI is InChI=1S/C44H46BF2I2N5O2/c1-7-51(8-2)27-29-11-15-31(16-12-29)37-39(48)41(33-19-23-35(55-5)24-20-33)53-43(37)50-44-38(32-17-13-30(14-18-32)28-52(9-3)10-4)40(49)42(54(44)45(53,46)47)34-21-25-36(56-6)26-22-34/h11-26H,7-10,27-28H2,1-6H3. The van der Waals surface area contributed by atoms with E-state index in [-0.39, 0.29) is 11.7 Å². The topological polar surface area (TPSA) is 45.2 Å². The Bertz CT molecular complexity index is 2310. The van der Waals surface area contributed by atoms with Crippen LogP contribution in [0.2, 0.25) is 0 Å². The quantitative estimate of drug-likeness (QED) is 0.0822. The second-order valence-corrected chi connectivity index (χ2v) is 16.1. The SMILES string of the molecule is CCN(CC)Cc1ccc(C2=C(I)C(c3ccc(OC)cc3)=[N+]3C2=Nc2c(-c4ccc(CN(CC)CC)cc4)c(I)c(-c4ccc(OC)cc4)n2[B-]3(F)F)cc1. The van der Waals surface area contributed by atoms with Crippen molar-refractivity contribution in [2.24, 2.45) is 4.99 Å². The fraction of sp³-hybridized carbons (Fsp3) is 0.273. The zero-order chi connectivity index (χ0) is 39.7. The lowest BCUT2D eigenvalue weighted by Crippen LogP contribution is -2.53. The van der Waals surface area contributed by atoms with Crippen LogP contribution in [0.3, 0.4) is 0 Å². The number of fused-ring (bicyclic) bond motifs is 2. The maximum atomic E-state index is 18.2. The van der Waals surface area contributed by atoms with Crippen LogP contribution in [0, 0.1) is 3.57 Å². The number of hydrogen-bond donors (Lipinski definition) is 0. The van der Waals surface area contributed by atoms with Gasteiger partial charge >= 0.3 is 6.97 Å². The molecule has 0 radical (unpaired) electrons. The predicted octanol–water partition coefficient (Wildman–Crippen LogP) is 10.8. The third-order valence-corrected chi connectivity index (χ3v) is 13.0. The number of aromatic nitrogens is 1. The molecule has 1 aromatic heterocycles. The molecule has 0 amide bonds. The minimum Gasteiger partial charge on any atom is -0.497 e. The third-order valence-electron chi connectivity index (χ3n) is 10.9. The third kappa shape index (κ3) is 7.38. The van der Waals surface area contributed by atoms with Crippen molar-refractivity contribution in [1.29, 1.82) is 0 Å². The summed E-state index contributed by atoms with van der Waals surface area (Å²) in [6.45, 7) is 9.54. The average Bonchev–Trinajstić information content (AvgIpc) is 3.70. The van der Waals surface area contributed by atoms with Gasteiger partial charge in [0, 0.05) is 27.9 Å². The number of aliphatic imine (C=N–C) groups is 1. The first-order chi connectivity index (χ1) is 27.1. The van der Waals surface area contributed by atoms with Gasteiger partial charge in [0.05, 0.1) is 28.9 Å². The summed E-state index contributed by atoms with van der Waals surface area (Å²) in [6, 6.07) is 31.2. The van der Waals surface area contributed by atoms with Crippen LogP contribution < -0.4 is 9.47 Å². The highest BCUT2D eigenvalue weighted by atomic mass is 127. The van der Waals surface area contributed by atoms with E-state index in [0.717, 1.165) is 50.4 Å². The molecule has 2 aliphatic rings. The van der Waals surface area contributed by atoms with E-state index in [4.69, 9.17) is 14.5 Å². The minimum absolute atomic E-state index is 0.240. The van der Waals surface area contributed by atoms with E-state index in [1.54, 1.807) is 14.2 Å². The van der Waals surface area contributed by atoms with Crippen molar-refractivity contribution >= 4 is 75.1 Å². The summed E-state index contributed by atoms with van der Waals surface area (Å²) < 4.78 is 51.1. The van der Waals surface area contributed by atoms with Crippen LogP contribution >= 0.6 is 45.2 Å². The van der Waals surface area contributed by atoms with Gasteiger partial charge in [0.25, 0.3) is 5.84 Å². The molecular weight excluding hydrogens is 933 g/mol. The van der Waals surface area contributed by atoms with Crippen molar-refractivity contribution in [2.45, 2.75) is 40.8 Å². The summed E-state index contributed by atoms with van der Waals surface area (Å²) in [7, 11) is 3.20. The van der Waals surface area contributed by atoms with Gasteiger partial charge in [-0.2, -0.15) is 0 Å². The van der Waals surface area contributed by atoms with Crippen LogP contribution in [0.1, 0.15) is 49.9 Å². The maximum Gasteiger partial charge on any atom is 0.642 e. The van der Waals surface area contributed by atoms with Crippen molar-refractivity contribution in [3.05, 3.63) is 126 Å². The van der Waals surface area contributed by atoms with Gasteiger partial charge < -0.3 is 27.1 Å². The molecule has 0 spiro atoms. The van der Waals surface area contributed by atoms with E-state index in [1.165, 1.54) is 20.1 Å². The summed E-state index contributed by atoms with van der Waals surface area (Å²) in [4.78, 5) is 10.0. The summed E-state index contributed by atoms with van der Waals surface area (Å²) >= 11 is 4.49. The molecule has 0 saturated heterocycles. The molecule has 56 heavy (non-hydrogen) atoms. The maximum absolute atomic E-state index is 18.2. The van der Waals surface area contributed by atoms with Gasteiger partial charge in [0.2, 0.25) is 5.82 Å². The molecular formula is C44H46BF2I2N5O2. The first-order valence-electron chi connectivity index (χ1n) is 19.1. The first-order valence-corrected chi connectivity index (χ1v) is 21.3. The molecule has 7 nitrogen and oxygen atoms in total. The van der Waals surface area contributed by atoms with Crippen LogP contribution in [0.5, 0.6) is 11.5 Å². The van der Waals surface area contributed by atoms with Gasteiger partial charge in [0.15, 0.2) is 0 Å². The normalized spacial score (nSPS) is 14.8. The van der Waals surface area contributed by atoms with Gasteiger partial charge in [-0.05, 0) is 153 Å². The van der Waals surface area contributed by atoms with E-state index in [1.807, 2.05) is 72.8 Å². The molecule has 0 bridgehead atoms. The second kappa shape index (κ2) is 16.9. The largest absolute Gasteiger partial charge is 0.642 e. The highest BCUT2D eigenvalue weighted by Crippen LogP contribution is 2.50. The van der Waals surface area contributed by atoms with Gasteiger partial charge in [-0.3, -0.25) is 9.80 Å². The lowest BCUT2D eigenvalue weighted by atomic mass is 9.90. The Morgan fingerprint density at radius 1 is 0.643 bits per heavy atom. The average molecular weight is 980 g/mol. The Kier molecular flexibility index (Phi) is 12.2. The highest BCUT2D eigenvalue weighted by Gasteiger charge is 2.55. The van der Waals surface area contributed by atoms with E-state index in [0.29, 0.717) is 52.3 Å². The Morgan fingerprint density at radius 2 is 1.09 bits per heavy atom. The molecule has 0 saturated carbocycles. The van der Waals surface area contributed by atoms with E-state index < -0.39 is 6.97 Å². The molecule has 3 heterocycles. The Balaban J connectivity index is 1.48. The number of nitrogens with zero attached hydrogens (tertiary/aromatic N) is 5. The number of ether oxygens (including phenoxy) is 2. The Morgan fingerprint density at radius 3 is 1.55 bits per heavy atom. The molecule has 5 aromatic rings. The Hall–Kier alpha value is -3.86. The molecule has 7 rings (SSSR count). The molecule has 290 valence electrons. The molecule has 0 N–H and O–H groups in total. The summed E-state index contributed by atoms with van der Waals surface area (Å²) in [5.74, 6) is 1.78. The van der Waals surface area contributed by atoms with Gasteiger partial charge in [-0.1, -0.05) is 76.2 Å². The predicted molar refractivity (Wildman–Crippen MR) is 243 cm³/mol. The second-order valence-electron chi connectivity index (χ2n) is 13.9. The van der Waals surface area contributed by atoms with Crippen molar-refractivity contribution in [1.82, 2.24) is 14.3 Å². The molecule has 0 unspecified atom stereocenters. The van der Waals surface area contributed by atoms with Gasteiger partial charge in [-0.15, -0.1) is 0 Å². The van der Waals surface area contributed by atoms with Crippen LogP contribution in [0.15, 0.2) is 106 Å². The van der Waals surface area contributed by atoms with Crippen molar-refractivity contribution in [3.63, 3.8) is 0 Å². The fourth-order valence-electron chi connectivity index (χ4n) is 7.64. The first kappa shape index (κ1) is 40.3. The molecule has 0 atom stereocenters. The summed E-state index contributed by atoms with van der Waals surface area (Å²) in [6.07, 6.45) is 0. The van der Waals surface area contributed by atoms with Crippen molar-refractivity contribution in [3.8, 4) is 33.9 Å². The van der Waals surface area contributed by atoms with E-state index >= 15 is 8.63 Å². The lowest BCUT2D eigenvalue weighted by Gasteiger charge is -2.32. The van der Waals surface area contributed by atoms with Crippen molar-refractivity contribution < 1.29 is 22.6 Å². The minimum atomic E-state index is -4.51. The van der Waals surface area contributed by atoms with Crippen LogP contribution in [-0.4, -0.2) is 77.7 Å². The van der Waals surface area contributed by atoms with Crippen LogP contribution in [0.4, 0.5) is 14.4 Å². The lowest BCUT2D eigenvalue weighted by molar-refractivity contribution is -0.291. The van der Waals surface area contributed by atoms with E-state index in [9.17, 15) is 0 Å². The van der Waals surface area contributed by atoms with Crippen LogP contribution in [0.25, 0.3) is 28.0 Å². The zero-order valence-corrected chi connectivity index (χ0v) is 36.9.